The number of halogens is 2. The molecular weight excluding hydrogens is 253 g/mol. The van der Waals surface area contributed by atoms with Gasteiger partial charge < -0.3 is 0 Å². The van der Waals surface area contributed by atoms with Crippen molar-refractivity contribution in [1.82, 2.24) is 15.0 Å². The van der Waals surface area contributed by atoms with Gasteiger partial charge in [-0.2, -0.15) is 0 Å². The fourth-order valence-corrected chi connectivity index (χ4v) is 2.09. The van der Waals surface area contributed by atoms with Gasteiger partial charge in [-0.15, -0.1) is 16.7 Å². The summed E-state index contributed by atoms with van der Waals surface area (Å²) in [5.41, 5.74) is 2.95. The summed E-state index contributed by atoms with van der Waals surface area (Å²) in [6.45, 7) is 5.81. The van der Waals surface area contributed by atoms with E-state index < -0.39 is 0 Å². The van der Waals surface area contributed by atoms with Gasteiger partial charge >= 0.3 is 0 Å². The Kier molecular flexibility index (Phi) is 3.66. The van der Waals surface area contributed by atoms with E-state index in [9.17, 15) is 4.39 Å². The molecule has 0 spiro atoms. The summed E-state index contributed by atoms with van der Waals surface area (Å²) >= 11 is 5.84. The van der Waals surface area contributed by atoms with E-state index in [1.54, 1.807) is 17.7 Å². The second kappa shape index (κ2) is 5.06. The second-order valence-corrected chi connectivity index (χ2v) is 4.82. The number of hydrogen-bond acceptors (Lipinski definition) is 2. The van der Waals surface area contributed by atoms with Gasteiger partial charge in [0.25, 0.3) is 0 Å². The maximum Gasteiger partial charge on any atom is 0.128 e. The van der Waals surface area contributed by atoms with E-state index in [-0.39, 0.29) is 11.7 Å². The van der Waals surface area contributed by atoms with Crippen molar-refractivity contribution >= 4 is 11.6 Å². The molecule has 0 saturated carbocycles. The number of nitrogens with zero attached hydrogens (tertiary/aromatic N) is 3. The van der Waals surface area contributed by atoms with Crippen molar-refractivity contribution in [2.75, 3.05) is 0 Å². The molecule has 18 heavy (non-hydrogen) atoms. The molecule has 0 amide bonds. The molecule has 5 heteroatoms. The van der Waals surface area contributed by atoms with Crippen LogP contribution in [0.4, 0.5) is 4.39 Å². The molecule has 1 aromatic carbocycles. The minimum Gasteiger partial charge on any atom is -0.217 e. The summed E-state index contributed by atoms with van der Waals surface area (Å²) in [6, 6.07) is 5.03. The molecule has 0 bridgehead atoms. The van der Waals surface area contributed by atoms with Crippen molar-refractivity contribution < 1.29 is 4.39 Å². The minimum atomic E-state index is -0.245. The summed E-state index contributed by atoms with van der Waals surface area (Å²) in [5, 5.41) is 8.11. The van der Waals surface area contributed by atoms with E-state index in [1.165, 1.54) is 6.07 Å². The lowest BCUT2D eigenvalue weighted by Crippen LogP contribution is -2.05. The van der Waals surface area contributed by atoms with Crippen LogP contribution in [0.3, 0.4) is 0 Å². The third kappa shape index (κ3) is 2.25. The fraction of sp³-hybridized carbons (Fsp3) is 0.385. The van der Waals surface area contributed by atoms with E-state index in [0.717, 1.165) is 11.4 Å². The summed E-state index contributed by atoms with van der Waals surface area (Å²) in [5.74, 6) is 0.283. The first-order valence-corrected chi connectivity index (χ1v) is 6.35. The van der Waals surface area contributed by atoms with Crippen LogP contribution in [0.15, 0.2) is 18.2 Å². The van der Waals surface area contributed by atoms with E-state index in [0.29, 0.717) is 17.1 Å². The monoisotopic (exact) mass is 267 g/mol. The quantitative estimate of drug-likeness (QED) is 0.796. The third-order valence-electron chi connectivity index (χ3n) is 2.85. The normalized spacial score (nSPS) is 11.2. The lowest BCUT2D eigenvalue weighted by Gasteiger charge is -2.10. The standard InChI is InChI=1S/C13H15ClFN3/c1-8(2)13-12(7-14)16-17-18(13)10-5-4-9(3)11(15)6-10/h4-6,8H,7H2,1-3H3. The van der Waals surface area contributed by atoms with E-state index in [4.69, 9.17) is 11.6 Å². The van der Waals surface area contributed by atoms with Crippen LogP contribution in [0.1, 0.15) is 36.7 Å². The van der Waals surface area contributed by atoms with Gasteiger partial charge in [-0.3, -0.25) is 0 Å². The lowest BCUT2D eigenvalue weighted by atomic mass is 10.1. The molecule has 2 rings (SSSR count). The van der Waals surface area contributed by atoms with Crippen molar-refractivity contribution in [2.45, 2.75) is 32.6 Å². The minimum absolute atomic E-state index is 0.220. The molecule has 0 aliphatic rings. The topological polar surface area (TPSA) is 30.7 Å². The Labute approximate surface area is 111 Å². The van der Waals surface area contributed by atoms with Crippen LogP contribution in [-0.4, -0.2) is 15.0 Å². The smallest absolute Gasteiger partial charge is 0.128 e. The maximum atomic E-state index is 13.6. The molecule has 1 aromatic heterocycles. The zero-order valence-corrected chi connectivity index (χ0v) is 11.4. The van der Waals surface area contributed by atoms with Gasteiger partial charge in [-0.1, -0.05) is 25.1 Å². The van der Waals surface area contributed by atoms with Crippen molar-refractivity contribution in [3.05, 3.63) is 41.0 Å². The van der Waals surface area contributed by atoms with Gasteiger partial charge in [-0.05, 0) is 30.5 Å². The molecule has 0 saturated heterocycles. The van der Waals surface area contributed by atoms with Gasteiger partial charge in [0.1, 0.15) is 11.5 Å². The first-order valence-electron chi connectivity index (χ1n) is 5.81. The molecule has 0 aliphatic carbocycles. The molecular formula is C13H15ClFN3. The number of aromatic nitrogens is 3. The Morgan fingerprint density at radius 1 is 1.39 bits per heavy atom. The molecule has 1 heterocycles. The SMILES string of the molecule is Cc1ccc(-n2nnc(CCl)c2C(C)C)cc1F. The Hall–Kier alpha value is -1.42. The number of benzene rings is 1. The Balaban J connectivity index is 2.56. The van der Waals surface area contributed by atoms with Crippen molar-refractivity contribution in [3.8, 4) is 5.69 Å². The van der Waals surface area contributed by atoms with E-state index in [1.807, 2.05) is 19.9 Å². The number of aryl methyl sites for hydroxylation is 1. The van der Waals surface area contributed by atoms with E-state index >= 15 is 0 Å². The summed E-state index contributed by atoms with van der Waals surface area (Å²) in [6.07, 6.45) is 0. The fourth-order valence-electron chi connectivity index (χ4n) is 1.90. The maximum absolute atomic E-state index is 13.6. The summed E-state index contributed by atoms with van der Waals surface area (Å²) < 4.78 is 15.3. The molecule has 0 unspecified atom stereocenters. The molecule has 96 valence electrons. The summed E-state index contributed by atoms with van der Waals surface area (Å²) in [7, 11) is 0. The number of rotatable bonds is 3. The molecule has 0 radical (unpaired) electrons. The highest BCUT2D eigenvalue weighted by atomic mass is 35.5. The zero-order chi connectivity index (χ0) is 13.3. The first-order chi connectivity index (χ1) is 8.54. The second-order valence-electron chi connectivity index (χ2n) is 4.55. The Morgan fingerprint density at radius 2 is 2.11 bits per heavy atom. The van der Waals surface area contributed by atoms with Gasteiger partial charge in [0.15, 0.2) is 0 Å². The van der Waals surface area contributed by atoms with Crippen LogP contribution < -0.4 is 0 Å². The molecule has 0 fully saturated rings. The van der Waals surface area contributed by atoms with Gasteiger partial charge in [-0.25, -0.2) is 9.07 Å². The van der Waals surface area contributed by atoms with Crippen molar-refractivity contribution in [2.24, 2.45) is 0 Å². The Bertz CT molecular complexity index is 563. The average molecular weight is 268 g/mol. The van der Waals surface area contributed by atoms with E-state index in [2.05, 4.69) is 10.3 Å². The number of alkyl halides is 1. The van der Waals surface area contributed by atoms with Crippen LogP contribution in [-0.2, 0) is 5.88 Å². The molecule has 3 nitrogen and oxygen atoms in total. The van der Waals surface area contributed by atoms with Crippen LogP contribution in [0.25, 0.3) is 5.69 Å². The van der Waals surface area contributed by atoms with Gasteiger partial charge in [0, 0.05) is 0 Å². The molecule has 0 N–H and O–H groups in total. The van der Waals surface area contributed by atoms with Crippen molar-refractivity contribution in [1.29, 1.82) is 0 Å². The van der Waals surface area contributed by atoms with Gasteiger partial charge in [0.2, 0.25) is 0 Å². The van der Waals surface area contributed by atoms with Gasteiger partial charge in [0.05, 0.1) is 17.3 Å². The summed E-state index contributed by atoms with van der Waals surface area (Å²) in [4.78, 5) is 0. The molecule has 2 aromatic rings. The zero-order valence-electron chi connectivity index (χ0n) is 10.6. The predicted octanol–water partition coefficient (Wildman–Crippen LogP) is 3.58. The highest BCUT2D eigenvalue weighted by Crippen LogP contribution is 2.23. The first kappa shape index (κ1) is 13.0. The largest absolute Gasteiger partial charge is 0.217 e. The van der Waals surface area contributed by atoms with Crippen LogP contribution in [0.2, 0.25) is 0 Å². The highest BCUT2D eigenvalue weighted by molar-refractivity contribution is 6.16. The van der Waals surface area contributed by atoms with Crippen LogP contribution in [0, 0.1) is 12.7 Å². The molecule has 0 aliphatic heterocycles. The van der Waals surface area contributed by atoms with Crippen molar-refractivity contribution in [3.63, 3.8) is 0 Å². The Morgan fingerprint density at radius 3 is 2.67 bits per heavy atom. The third-order valence-corrected chi connectivity index (χ3v) is 3.11. The van der Waals surface area contributed by atoms with Crippen LogP contribution in [0.5, 0.6) is 0 Å². The number of hydrogen-bond donors (Lipinski definition) is 0. The lowest BCUT2D eigenvalue weighted by molar-refractivity contribution is 0.613. The van der Waals surface area contributed by atoms with Crippen LogP contribution >= 0.6 is 11.6 Å². The predicted molar refractivity (Wildman–Crippen MR) is 69.7 cm³/mol. The molecule has 0 atom stereocenters. The average Bonchev–Trinajstić information content (AvgIpc) is 2.76. The highest BCUT2D eigenvalue weighted by Gasteiger charge is 2.17.